The van der Waals surface area contributed by atoms with E-state index in [1.54, 1.807) is 7.11 Å². The molecule has 0 spiro atoms. The van der Waals surface area contributed by atoms with E-state index in [0.717, 1.165) is 29.8 Å². The summed E-state index contributed by atoms with van der Waals surface area (Å²) in [6, 6.07) is 6.07. The van der Waals surface area contributed by atoms with Gasteiger partial charge in [-0.05, 0) is 42.5 Å². The minimum atomic E-state index is -2.55. The van der Waals surface area contributed by atoms with Crippen LogP contribution in [0.1, 0.15) is 56.8 Å². The van der Waals surface area contributed by atoms with Crippen molar-refractivity contribution in [1.82, 2.24) is 14.8 Å². The maximum Gasteiger partial charge on any atom is 0.250 e. The number of rotatable bonds is 6. The van der Waals surface area contributed by atoms with Crippen molar-refractivity contribution >= 4 is 16.8 Å². The van der Waals surface area contributed by atoms with Crippen molar-refractivity contribution < 1.29 is 18.3 Å². The van der Waals surface area contributed by atoms with Gasteiger partial charge < -0.3 is 19.5 Å². The van der Waals surface area contributed by atoms with Gasteiger partial charge in [0.1, 0.15) is 5.75 Å². The highest BCUT2D eigenvalue weighted by atomic mass is 19.3. The van der Waals surface area contributed by atoms with Crippen LogP contribution in [0.3, 0.4) is 0 Å². The Balaban J connectivity index is 1.51. The Morgan fingerprint density at radius 3 is 2.68 bits per heavy atom. The summed E-state index contributed by atoms with van der Waals surface area (Å²) in [7, 11) is 1.67. The predicted molar refractivity (Wildman–Crippen MR) is 118 cm³/mol. The molecule has 1 saturated heterocycles. The van der Waals surface area contributed by atoms with Crippen LogP contribution in [0.15, 0.2) is 18.2 Å². The number of likely N-dealkylation sites (tertiary alicyclic amines) is 1. The van der Waals surface area contributed by atoms with Crippen LogP contribution in [0.4, 0.5) is 8.78 Å². The van der Waals surface area contributed by atoms with Crippen LogP contribution >= 0.6 is 0 Å². The molecule has 0 aliphatic carbocycles. The number of nitrogens with one attached hydrogen (secondary N) is 1. The standard InChI is InChI=1S/C24H33F2N3O2/c1-16(2)14-21-23-18(19-15-17(31-3)4-5-20(19)27-23)6-11-29(21)22(30)7-10-28-12-8-24(25,26)9-13-28/h4-5,15-16,21,27H,6-14H2,1-3H3. The van der Waals surface area contributed by atoms with Crippen LogP contribution in [0, 0.1) is 5.92 Å². The molecule has 1 N–H and O–H groups in total. The van der Waals surface area contributed by atoms with E-state index < -0.39 is 5.92 Å². The van der Waals surface area contributed by atoms with E-state index in [9.17, 15) is 13.6 Å². The number of aromatic nitrogens is 1. The Bertz CT molecular complexity index is 930. The summed E-state index contributed by atoms with van der Waals surface area (Å²) in [4.78, 5) is 20.8. The van der Waals surface area contributed by atoms with Gasteiger partial charge in [-0.1, -0.05) is 13.8 Å². The minimum absolute atomic E-state index is 0.0142. The molecule has 31 heavy (non-hydrogen) atoms. The zero-order valence-corrected chi connectivity index (χ0v) is 18.7. The highest BCUT2D eigenvalue weighted by Gasteiger charge is 2.36. The quantitative estimate of drug-likeness (QED) is 0.714. The number of carbonyl (C=O) groups excluding carboxylic acids is 1. The molecule has 1 aromatic carbocycles. The first kappa shape index (κ1) is 22.1. The fourth-order valence-electron chi connectivity index (χ4n) is 4.96. The fraction of sp³-hybridized carbons (Fsp3) is 0.625. The third-order valence-electron chi connectivity index (χ3n) is 6.70. The van der Waals surface area contributed by atoms with Crippen molar-refractivity contribution in [3.8, 4) is 5.75 Å². The molecule has 3 heterocycles. The first-order valence-electron chi connectivity index (χ1n) is 11.4. The Hall–Kier alpha value is -2.15. The molecule has 0 bridgehead atoms. The van der Waals surface area contributed by atoms with E-state index in [2.05, 4.69) is 24.9 Å². The van der Waals surface area contributed by atoms with Gasteiger partial charge in [0, 0.05) is 62.0 Å². The number of carbonyl (C=O) groups is 1. The predicted octanol–water partition coefficient (Wildman–Crippen LogP) is 4.77. The highest BCUT2D eigenvalue weighted by molar-refractivity contribution is 5.87. The number of alkyl halides is 2. The Morgan fingerprint density at radius 1 is 1.26 bits per heavy atom. The average Bonchev–Trinajstić information content (AvgIpc) is 3.11. The van der Waals surface area contributed by atoms with Crippen LogP contribution in [-0.2, 0) is 11.2 Å². The third kappa shape index (κ3) is 4.71. The molecule has 5 nitrogen and oxygen atoms in total. The van der Waals surface area contributed by atoms with Gasteiger partial charge in [0.05, 0.1) is 13.2 Å². The summed E-state index contributed by atoms with van der Waals surface area (Å²) in [5.41, 5.74) is 3.49. The molecule has 2 aromatic rings. The van der Waals surface area contributed by atoms with E-state index in [0.29, 0.717) is 38.5 Å². The number of hydrogen-bond donors (Lipinski definition) is 1. The lowest BCUT2D eigenvalue weighted by molar-refractivity contribution is -0.135. The minimum Gasteiger partial charge on any atom is -0.497 e. The van der Waals surface area contributed by atoms with Crippen LogP contribution < -0.4 is 4.74 Å². The molecule has 1 fully saturated rings. The van der Waals surface area contributed by atoms with E-state index in [4.69, 9.17) is 4.74 Å². The SMILES string of the molecule is COc1ccc2[nH]c3c(c2c1)CCN(C(=O)CCN1CCC(F)(F)CC1)C3CC(C)C. The van der Waals surface area contributed by atoms with E-state index in [1.165, 1.54) is 10.9 Å². The summed E-state index contributed by atoms with van der Waals surface area (Å²) in [6.45, 7) is 6.32. The summed E-state index contributed by atoms with van der Waals surface area (Å²) in [5.74, 6) is -1.16. The largest absolute Gasteiger partial charge is 0.497 e. The normalized spacial score (nSPS) is 21.5. The molecular formula is C24H33F2N3O2. The monoisotopic (exact) mass is 433 g/mol. The number of halogens is 2. The topological polar surface area (TPSA) is 48.6 Å². The van der Waals surface area contributed by atoms with E-state index in [1.807, 2.05) is 21.9 Å². The highest BCUT2D eigenvalue weighted by Crippen LogP contribution is 2.39. The zero-order valence-electron chi connectivity index (χ0n) is 18.7. The Morgan fingerprint density at radius 2 is 2.00 bits per heavy atom. The molecule has 2 aliphatic rings. The van der Waals surface area contributed by atoms with Crippen molar-refractivity contribution in [1.29, 1.82) is 0 Å². The maximum atomic E-state index is 13.4. The van der Waals surface area contributed by atoms with Gasteiger partial charge in [-0.15, -0.1) is 0 Å². The third-order valence-corrected chi connectivity index (χ3v) is 6.70. The maximum absolute atomic E-state index is 13.4. The van der Waals surface area contributed by atoms with Crippen molar-refractivity contribution in [2.75, 3.05) is 33.3 Å². The van der Waals surface area contributed by atoms with Crippen molar-refractivity contribution in [3.05, 3.63) is 29.5 Å². The molecule has 170 valence electrons. The summed E-state index contributed by atoms with van der Waals surface area (Å²) >= 11 is 0. The van der Waals surface area contributed by atoms with E-state index in [-0.39, 0.29) is 24.8 Å². The number of piperidine rings is 1. The number of methoxy groups -OCH3 is 1. The van der Waals surface area contributed by atoms with Crippen molar-refractivity contribution in [3.63, 3.8) is 0 Å². The van der Waals surface area contributed by atoms with Crippen molar-refractivity contribution in [2.45, 2.75) is 57.9 Å². The van der Waals surface area contributed by atoms with Gasteiger partial charge in [-0.3, -0.25) is 4.79 Å². The number of aromatic amines is 1. The number of fused-ring (bicyclic) bond motifs is 3. The summed E-state index contributed by atoms with van der Waals surface area (Å²) in [5, 5.41) is 1.17. The summed E-state index contributed by atoms with van der Waals surface area (Å²) in [6.07, 6.45) is 1.85. The molecule has 2 aliphatic heterocycles. The number of amides is 1. The number of benzene rings is 1. The number of ether oxygens (including phenoxy) is 1. The lowest BCUT2D eigenvalue weighted by Gasteiger charge is -2.38. The lowest BCUT2D eigenvalue weighted by atomic mass is 9.91. The molecule has 0 radical (unpaired) electrons. The second-order valence-electron chi connectivity index (χ2n) is 9.36. The molecule has 4 rings (SSSR count). The van der Waals surface area contributed by atoms with Crippen LogP contribution in [0.2, 0.25) is 0 Å². The van der Waals surface area contributed by atoms with Gasteiger partial charge in [0.2, 0.25) is 5.91 Å². The van der Waals surface area contributed by atoms with Crippen LogP contribution in [0.5, 0.6) is 5.75 Å². The number of H-pyrrole nitrogens is 1. The second kappa shape index (κ2) is 8.77. The van der Waals surface area contributed by atoms with E-state index >= 15 is 0 Å². The Kier molecular flexibility index (Phi) is 6.24. The zero-order chi connectivity index (χ0) is 22.2. The number of hydrogen-bond acceptors (Lipinski definition) is 3. The number of nitrogens with zero attached hydrogens (tertiary/aromatic N) is 2. The molecule has 1 atom stereocenters. The molecule has 1 unspecified atom stereocenters. The molecule has 0 saturated carbocycles. The van der Waals surface area contributed by atoms with Crippen molar-refractivity contribution in [2.24, 2.45) is 5.92 Å². The first-order chi connectivity index (χ1) is 14.8. The molecular weight excluding hydrogens is 400 g/mol. The van der Waals surface area contributed by atoms with Gasteiger partial charge in [0.15, 0.2) is 0 Å². The average molecular weight is 434 g/mol. The molecule has 1 amide bonds. The van der Waals surface area contributed by atoms with Gasteiger partial charge in [-0.25, -0.2) is 8.78 Å². The Labute approximate surface area is 182 Å². The van der Waals surface area contributed by atoms with Crippen LogP contribution in [0.25, 0.3) is 10.9 Å². The lowest BCUT2D eigenvalue weighted by Crippen LogP contribution is -2.44. The molecule has 1 aromatic heterocycles. The first-order valence-corrected chi connectivity index (χ1v) is 11.4. The molecule has 7 heteroatoms. The smallest absolute Gasteiger partial charge is 0.250 e. The summed E-state index contributed by atoms with van der Waals surface area (Å²) < 4.78 is 32.2. The van der Waals surface area contributed by atoms with Gasteiger partial charge in [-0.2, -0.15) is 0 Å². The van der Waals surface area contributed by atoms with Gasteiger partial charge >= 0.3 is 0 Å². The second-order valence-corrected chi connectivity index (χ2v) is 9.36. The fourth-order valence-corrected chi connectivity index (χ4v) is 4.96. The van der Waals surface area contributed by atoms with Crippen LogP contribution in [-0.4, -0.2) is 59.9 Å². The van der Waals surface area contributed by atoms with Gasteiger partial charge in [0.25, 0.3) is 5.92 Å².